The van der Waals surface area contributed by atoms with Crippen LogP contribution in [0.3, 0.4) is 0 Å². The lowest BCUT2D eigenvalue weighted by atomic mass is 9.75. The molecule has 33 heavy (non-hydrogen) atoms. The molecule has 1 fully saturated rings. The number of nitrogens with one attached hydrogen (secondary N) is 2. The van der Waals surface area contributed by atoms with Crippen LogP contribution in [-0.4, -0.2) is 58.8 Å². The maximum Gasteiger partial charge on any atom is 0.251 e. The predicted molar refractivity (Wildman–Crippen MR) is 127 cm³/mol. The third-order valence-electron chi connectivity index (χ3n) is 6.65. The van der Waals surface area contributed by atoms with E-state index in [-0.39, 0.29) is 11.8 Å². The smallest absolute Gasteiger partial charge is 0.251 e. The third kappa shape index (κ3) is 7.75. The zero-order chi connectivity index (χ0) is 24.5. The average molecular weight is 483 g/mol. The number of methoxy groups -OCH3 is 1. The number of nitrogens with zero attached hydrogens (tertiary/aromatic N) is 2. The van der Waals surface area contributed by atoms with Gasteiger partial charge in [-0.05, 0) is 31.1 Å². The van der Waals surface area contributed by atoms with E-state index in [4.69, 9.17) is 4.74 Å². The molecule has 1 heterocycles. The summed E-state index contributed by atoms with van der Waals surface area (Å²) in [6, 6.07) is -1.67. The van der Waals surface area contributed by atoms with Crippen LogP contribution in [0, 0.1) is 23.7 Å². The van der Waals surface area contributed by atoms with Crippen molar-refractivity contribution >= 4 is 34.7 Å². The van der Waals surface area contributed by atoms with E-state index in [2.05, 4.69) is 22.5 Å². The molecular weight excluding hydrogens is 444 g/mol. The highest BCUT2D eigenvalue weighted by Crippen LogP contribution is 2.35. The number of rotatable bonds is 12. The lowest BCUT2D eigenvalue weighted by Gasteiger charge is -2.37. The largest absolute Gasteiger partial charge is 0.379 e. The molecule has 9 nitrogen and oxygen atoms in total. The van der Waals surface area contributed by atoms with Crippen molar-refractivity contribution in [1.29, 1.82) is 0 Å². The molecule has 0 bridgehead atoms. The van der Waals surface area contributed by atoms with E-state index in [0.717, 1.165) is 25.7 Å². The van der Waals surface area contributed by atoms with Crippen LogP contribution in [0.5, 0.6) is 0 Å². The van der Waals surface area contributed by atoms with Crippen molar-refractivity contribution in [2.45, 2.75) is 78.0 Å². The van der Waals surface area contributed by atoms with Crippen molar-refractivity contribution in [3.8, 4) is 0 Å². The van der Waals surface area contributed by atoms with Gasteiger partial charge in [-0.25, -0.2) is 10.0 Å². The Hall–Kier alpha value is -2.04. The van der Waals surface area contributed by atoms with Gasteiger partial charge in [0.25, 0.3) is 5.91 Å². The fourth-order valence-electron chi connectivity index (χ4n) is 4.61. The summed E-state index contributed by atoms with van der Waals surface area (Å²) in [4.78, 5) is 42.0. The Labute approximate surface area is 200 Å². The van der Waals surface area contributed by atoms with E-state index in [1.165, 1.54) is 18.4 Å². The van der Waals surface area contributed by atoms with Gasteiger partial charge in [0.1, 0.15) is 6.04 Å². The molecule has 10 heteroatoms. The van der Waals surface area contributed by atoms with E-state index in [9.17, 15) is 19.6 Å². The summed E-state index contributed by atoms with van der Waals surface area (Å²) in [5.41, 5.74) is 0. The van der Waals surface area contributed by atoms with E-state index >= 15 is 0 Å². The molecule has 3 amide bonds. The molecule has 0 aromatic carbocycles. The fourth-order valence-corrected chi connectivity index (χ4v) is 5.14. The van der Waals surface area contributed by atoms with Crippen LogP contribution in [0.1, 0.15) is 59.8 Å². The molecule has 0 saturated heterocycles. The van der Waals surface area contributed by atoms with Crippen LogP contribution >= 0.6 is 11.3 Å². The molecule has 3 N–H and O–H groups in total. The number of carbonyl (C=O) groups is 3. The number of hydrogen-bond acceptors (Lipinski definition) is 7. The summed E-state index contributed by atoms with van der Waals surface area (Å²) in [5, 5.41) is 18.6. The molecular formula is C23H38N4O5S. The summed E-state index contributed by atoms with van der Waals surface area (Å²) in [5.74, 6) is -0.661. The van der Waals surface area contributed by atoms with E-state index < -0.39 is 30.0 Å². The molecule has 1 aromatic heterocycles. The highest BCUT2D eigenvalue weighted by Gasteiger charge is 2.39. The second kappa shape index (κ2) is 13.0. The molecule has 0 aliphatic heterocycles. The molecule has 0 unspecified atom stereocenters. The number of carbonyl (C=O) groups excluding carboxylic acids is 3. The maximum atomic E-state index is 13.6. The molecule has 1 aliphatic carbocycles. The summed E-state index contributed by atoms with van der Waals surface area (Å²) in [7, 11) is 1.47. The van der Waals surface area contributed by atoms with Gasteiger partial charge in [0.15, 0.2) is 5.13 Å². The van der Waals surface area contributed by atoms with Gasteiger partial charge in [0, 0.05) is 18.7 Å². The second-order valence-electron chi connectivity index (χ2n) is 9.44. The highest BCUT2D eigenvalue weighted by molar-refractivity contribution is 7.13. The number of hydroxylamine groups is 2. The van der Waals surface area contributed by atoms with Gasteiger partial charge < -0.3 is 15.4 Å². The number of hydrogen-bond donors (Lipinski definition) is 3. The minimum Gasteiger partial charge on any atom is -0.379 e. The zero-order valence-electron chi connectivity index (χ0n) is 20.2. The SMILES string of the molecule is CO[C@H](C)[C@H](NC(=O)[C@@H](CC1CCC(C)CC1)[C@H](C(C)C)N(O)C=O)C(=O)Nc1nccs1. The highest BCUT2D eigenvalue weighted by atomic mass is 32.1. The normalized spacial score (nSPS) is 22.2. The number of anilines is 1. The van der Waals surface area contributed by atoms with Gasteiger partial charge in [-0.15, -0.1) is 11.3 Å². The van der Waals surface area contributed by atoms with Crippen molar-refractivity contribution in [1.82, 2.24) is 15.4 Å². The fraction of sp³-hybridized carbons (Fsp3) is 0.739. The summed E-state index contributed by atoms with van der Waals surface area (Å²) in [6.07, 6.45) is 6.07. The predicted octanol–water partition coefficient (Wildman–Crippen LogP) is 3.31. The Balaban J connectivity index is 2.25. The number of ether oxygens (including phenoxy) is 1. The first-order chi connectivity index (χ1) is 15.7. The van der Waals surface area contributed by atoms with Gasteiger partial charge in [0.2, 0.25) is 12.3 Å². The van der Waals surface area contributed by atoms with Crippen molar-refractivity contribution in [3.63, 3.8) is 0 Å². The van der Waals surface area contributed by atoms with Gasteiger partial charge in [-0.1, -0.05) is 46.5 Å². The molecule has 186 valence electrons. The Morgan fingerprint density at radius 2 is 1.94 bits per heavy atom. The lowest BCUT2D eigenvalue weighted by molar-refractivity contribution is -0.174. The summed E-state index contributed by atoms with van der Waals surface area (Å²) < 4.78 is 5.36. The topological polar surface area (TPSA) is 121 Å². The molecule has 0 spiro atoms. The van der Waals surface area contributed by atoms with Crippen LogP contribution < -0.4 is 10.6 Å². The van der Waals surface area contributed by atoms with Gasteiger partial charge in [-0.2, -0.15) is 0 Å². The average Bonchev–Trinajstić information content (AvgIpc) is 3.30. The summed E-state index contributed by atoms with van der Waals surface area (Å²) in [6.45, 7) is 7.67. The van der Waals surface area contributed by atoms with Gasteiger partial charge >= 0.3 is 0 Å². The van der Waals surface area contributed by atoms with E-state index in [1.54, 1.807) is 18.5 Å². The van der Waals surface area contributed by atoms with Gasteiger partial charge in [-0.3, -0.25) is 19.6 Å². The minimum absolute atomic E-state index is 0.166. The van der Waals surface area contributed by atoms with Crippen LogP contribution in [0.15, 0.2) is 11.6 Å². The first-order valence-corrected chi connectivity index (χ1v) is 12.5. The summed E-state index contributed by atoms with van der Waals surface area (Å²) >= 11 is 1.28. The maximum absolute atomic E-state index is 13.6. The first-order valence-electron chi connectivity index (χ1n) is 11.6. The Morgan fingerprint density at radius 3 is 2.45 bits per heavy atom. The van der Waals surface area contributed by atoms with Crippen LogP contribution in [0.25, 0.3) is 0 Å². The Kier molecular flexibility index (Phi) is 10.7. The number of thiazole rings is 1. The van der Waals surface area contributed by atoms with Crippen molar-refractivity contribution in [2.24, 2.45) is 23.7 Å². The quantitative estimate of drug-likeness (QED) is 0.239. The lowest BCUT2D eigenvalue weighted by Crippen LogP contribution is -2.56. The second-order valence-corrected chi connectivity index (χ2v) is 10.3. The molecule has 0 radical (unpaired) electrons. The zero-order valence-corrected chi connectivity index (χ0v) is 21.0. The Morgan fingerprint density at radius 1 is 1.27 bits per heavy atom. The van der Waals surface area contributed by atoms with E-state index in [0.29, 0.717) is 34.9 Å². The van der Waals surface area contributed by atoms with E-state index in [1.807, 2.05) is 13.8 Å². The number of amides is 3. The molecule has 4 atom stereocenters. The van der Waals surface area contributed by atoms with Crippen LogP contribution in [0.4, 0.5) is 5.13 Å². The standard InChI is InChI=1S/C23H38N4O5S/c1-14(2)20(27(31)13-28)18(12-17-8-6-15(3)7-9-17)21(29)25-19(16(4)32-5)22(30)26-23-24-10-11-33-23/h10-11,13-20,31H,6-9,12H2,1-5H3,(H,25,29)(H,24,26,30)/t15?,16-,17?,18+,19+,20+/m1/s1. The molecule has 1 saturated carbocycles. The number of aromatic nitrogens is 1. The van der Waals surface area contributed by atoms with Gasteiger partial charge in [0.05, 0.1) is 18.1 Å². The molecule has 1 aromatic rings. The minimum atomic E-state index is -0.962. The van der Waals surface area contributed by atoms with Crippen molar-refractivity contribution < 1.29 is 24.3 Å². The van der Waals surface area contributed by atoms with Crippen molar-refractivity contribution in [3.05, 3.63) is 11.6 Å². The monoisotopic (exact) mass is 482 g/mol. The molecule has 2 rings (SSSR count). The van der Waals surface area contributed by atoms with Crippen molar-refractivity contribution in [2.75, 3.05) is 12.4 Å². The van der Waals surface area contributed by atoms with Crippen LogP contribution in [-0.2, 0) is 19.1 Å². The van der Waals surface area contributed by atoms with Crippen LogP contribution in [0.2, 0.25) is 0 Å². The molecule has 1 aliphatic rings. The Bertz CT molecular complexity index is 752. The third-order valence-corrected chi connectivity index (χ3v) is 7.34. The first kappa shape index (κ1) is 27.2.